The molecule has 2 rings (SSSR count). The van der Waals surface area contributed by atoms with Crippen LogP contribution in [0.25, 0.3) is 5.82 Å². The molecule has 0 saturated heterocycles. The zero-order valence-electron chi connectivity index (χ0n) is 13.3. The molecule has 0 bridgehead atoms. The van der Waals surface area contributed by atoms with Gasteiger partial charge in [0.1, 0.15) is 0 Å². The first-order chi connectivity index (χ1) is 10.6. The number of hydrogen-bond acceptors (Lipinski definition) is 3. The Hall–Kier alpha value is -2.63. The number of pyridine rings is 1. The van der Waals surface area contributed by atoms with Crippen LogP contribution in [0, 0.1) is 13.8 Å². The highest BCUT2D eigenvalue weighted by Crippen LogP contribution is 2.10. The molecule has 2 aromatic heterocycles. The van der Waals surface area contributed by atoms with Gasteiger partial charge in [-0.25, -0.2) is 9.67 Å². The van der Waals surface area contributed by atoms with E-state index in [0.29, 0.717) is 13.1 Å². The van der Waals surface area contributed by atoms with Crippen molar-refractivity contribution in [2.24, 2.45) is 4.99 Å². The van der Waals surface area contributed by atoms with E-state index in [1.54, 1.807) is 13.1 Å². The molecule has 0 amide bonds. The number of hydrogen-bond donors (Lipinski definition) is 2. The molecule has 6 heteroatoms. The van der Waals surface area contributed by atoms with Crippen molar-refractivity contribution in [1.82, 2.24) is 25.4 Å². The molecule has 116 valence electrons. The normalized spacial score (nSPS) is 11.3. The molecule has 2 heterocycles. The summed E-state index contributed by atoms with van der Waals surface area (Å²) in [6.07, 6.45) is 3.64. The van der Waals surface area contributed by atoms with Crippen LogP contribution in [0.3, 0.4) is 0 Å². The molecular formula is C16H22N6. The van der Waals surface area contributed by atoms with Crippen molar-refractivity contribution in [2.45, 2.75) is 20.4 Å². The number of aromatic nitrogens is 3. The topological polar surface area (TPSA) is 67.1 Å². The maximum Gasteiger partial charge on any atom is 0.191 e. The van der Waals surface area contributed by atoms with E-state index >= 15 is 0 Å². The van der Waals surface area contributed by atoms with Crippen LogP contribution in [0.5, 0.6) is 0 Å². The summed E-state index contributed by atoms with van der Waals surface area (Å²) < 4.78 is 1.84. The highest BCUT2D eigenvalue weighted by atomic mass is 15.3. The smallest absolute Gasteiger partial charge is 0.191 e. The number of aryl methyl sites for hydroxylation is 2. The Morgan fingerprint density at radius 3 is 2.73 bits per heavy atom. The summed E-state index contributed by atoms with van der Waals surface area (Å²) in [5.41, 5.74) is 3.14. The third kappa shape index (κ3) is 3.94. The van der Waals surface area contributed by atoms with Gasteiger partial charge in [-0.2, -0.15) is 5.10 Å². The maximum atomic E-state index is 4.47. The summed E-state index contributed by atoms with van der Waals surface area (Å²) in [7, 11) is 1.74. The lowest BCUT2D eigenvalue weighted by molar-refractivity contribution is 0.797. The summed E-state index contributed by atoms with van der Waals surface area (Å²) in [6, 6.07) is 6.04. The van der Waals surface area contributed by atoms with Gasteiger partial charge < -0.3 is 10.6 Å². The number of rotatable bonds is 5. The van der Waals surface area contributed by atoms with Crippen LogP contribution in [-0.4, -0.2) is 34.3 Å². The van der Waals surface area contributed by atoms with Gasteiger partial charge in [-0.1, -0.05) is 12.1 Å². The minimum Gasteiger partial charge on any atom is -0.353 e. The van der Waals surface area contributed by atoms with Crippen LogP contribution in [0.4, 0.5) is 0 Å². The monoisotopic (exact) mass is 298 g/mol. The van der Waals surface area contributed by atoms with Crippen molar-refractivity contribution in [3.05, 3.63) is 54.0 Å². The standard InChI is InChI=1S/C16H22N6/c1-5-8-18-16(17-4)20-11-14-6-7-15(19-10-14)22-13(3)9-12(2)21-22/h5-7,9-10H,1,8,11H2,2-4H3,(H2,17,18,20). The quantitative estimate of drug-likeness (QED) is 0.501. The van der Waals surface area contributed by atoms with Crippen LogP contribution >= 0.6 is 0 Å². The van der Waals surface area contributed by atoms with Crippen molar-refractivity contribution in [3.63, 3.8) is 0 Å². The fraction of sp³-hybridized carbons (Fsp3) is 0.312. The average molecular weight is 298 g/mol. The maximum absolute atomic E-state index is 4.47. The predicted molar refractivity (Wildman–Crippen MR) is 89.2 cm³/mol. The molecule has 22 heavy (non-hydrogen) atoms. The average Bonchev–Trinajstić information content (AvgIpc) is 2.87. The molecule has 6 nitrogen and oxygen atoms in total. The first kappa shape index (κ1) is 15.8. The molecular weight excluding hydrogens is 276 g/mol. The van der Waals surface area contributed by atoms with E-state index in [9.17, 15) is 0 Å². The molecule has 0 unspecified atom stereocenters. The van der Waals surface area contributed by atoms with Gasteiger partial charge in [-0.3, -0.25) is 4.99 Å². The van der Waals surface area contributed by atoms with Crippen molar-refractivity contribution < 1.29 is 0 Å². The minimum absolute atomic E-state index is 0.654. The molecule has 0 fully saturated rings. The highest BCUT2D eigenvalue weighted by Gasteiger charge is 2.05. The first-order valence-electron chi connectivity index (χ1n) is 7.18. The Morgan fingerprint density at radius 1 is 1.36 bits per heavy atom. The summed E-state index contributed by atoms with van der Waals surface area (Å²) in [5.74, 6) is 1.56. The van der Waals surface area contributed by atoms with E-state index in [1.807, 2.05) is 42.9 Å². The van der Waals surface area contributed by atoms with E-state index in [4.69, 9.17) is 0 Å². The second-order valence-corrected chi connectivity index (χ2v) is 4.96. The largest absolute Gasteiger partial charge is 0.353 e. The zero-order valence-corrected chi connectivity index (χ0v) is 13.3. The van der Waals surface area contributed by atoms with Crippen LogP contribution in [0.1, 0.15) is 17.0 Å². The zero-order chi connectivity index (χ0) is 15.9. The van der Waals surface area contributed by atoms with Gasteiger partial charge in [0.2, 0.25) is 0 Å². The molecule has 0 aliphatic rings. The lowest BCUT2D eigenvalue weighted by atomic mass is 10.3. The highest BCUT2D eigenvalue weighted by molar-refractivity contribution is 5.79. The van der Waals surface area contributed by atoms with Crippen molar-refractivity contribution in [1.29, 1.82) is 0 Å². The van der Waals surface area contributed by atoms with Crippen molar-refractivity contribution in [2.75, 3.05) is 13.6 Å². The fourth-order valence-electron chi connectivity index (χ4n) is 2.08. The lowest BCUT2D eigenvalue weighted by Crippen LogP contribution is -2.36. The van der Waals surface area contributed by atoms with E-state index in [2.05, 4.69) is 32.3 Å². The van der Waals surface area contributed by atoms with Crippen molar-refractivity contribution in [3.8, 4) is 5.82 Å². The Balaban J connectivity index is 2.00. The first-order valence-corrected chi connectivity index (χ1v) is 7.18. The van der Waals surface area contributed by atoms with Crippen LogP contribution < -0.4 is 10.6 Å². The molecule has 2 N–H and O–H groups in total. The summed E-state index contributed by atoms with van der Waals surface area (Å²) in [5, 5.41) is 10.8. The second-order valence-electron chi connectivity index (χ2n) is 4.96. The number of nitrogens with one attached hydrogen (secondary N) is 2. The van der Waals surface area contributed by atoms with Crippen LogP contribution in [0.2, 0.25) is 0 Å². The van der Waals surface area contributed by atoms with Gasteiger partial charge in [0.25, 0.3) is 0 Å². The van der Waals surface area contributed by atoms with E-state index in [1.165, 1.54) is 0 Å². The van der Waals surface area contributed by atoms with Gasteiger partial charge in [0.05, 0.1) is 5.69 Å². The van der Waals surface area contributed by atoms with E-state index in [-0.39, 0.29) is 0 Å². The third-order valence-corrected chi connectivity index (χ3v) is 3.13. The van der Waals surface area contributed by atoms with Gasteiger partial charge in [0.15, 0.2) is 11.8 Å². The summed E-state index contributed by atoms with van der Waals surface area (Å²) in [6.45, 7) is 8.99. The Morgan fingerprint density at radius 2 is 2.18 bits per heavy atom. The van der Waals surface area contributed by atoms with Gasteiger partial charge in [-0.05, 0) is 31.5 Å². The van der Waals surface area contributed by atoms with Gasteiger partial charge >= 0.3 is 0 Å². The molecule has 0 atom stereocenters. The number of nitrogens with zero attached hydrogens (tertiary/aromatic N) is 4. The molecule has 0 saturated carbocycles. The molecule has 0 spiro atoms. The summed E-state index contributed by atoms with van der Waals surface area (Å²) in [4.78, 5) is 8.61. The number of guanidine groups is 1. The molecule has 0 aliphatic heterocycles. The molecule has 2 aromatic rings. The Labute approximate surface area is 131 Å². The Kier molecular flexibility index (Phi) is 5.30. The molecule has 0 radical (unpaired) electrons. The SMILES string of the molecule is C=CCNC(=NC)NCc1ccc(-n2nc(C)cc2C)nc1. The van der Waals surface area contributed by atoms with Gasteiger partial charge in [-0.15, -0.1) is 6.58 Å². The Bertz CT molecular complexity index is 654. The molecule has 0 aliphatic carbocycles. The van der Waals surface area contributed by atoms with Crippen LogP contribution in [0.15, 0.2) is 42.0 Å². The van der Waals surface area contributed by atoms with Crippen LogP contribution in [-0.2, 0) is 6.54 Å². The summed E-state index contributed by atoms with van der Waals surface area (Å²) >= 11 is 0. The second kappa shape index (κ2) is 7.40. The van der Waals surface area contributed by atoms with E-state index in [0.717, 1.165) is 28.7 Å². The minimum atomic E-state index is 0.654. The van der Waals surface area contributed by atoms with E-state index < -0.39 is 0 Å². The van der Waals surface area contributed by atoms with Gasteiger partial charge in [0, 0.05) is 32.0 Å². The fourth-order valence-corrected chi connectivity index (χ4v) is 2.08. The number of aliphatic imine (C=N–C) groups is 1. The van der Waals surface area contributed by atoms with Crippen molar-refractivity contribution >= 4 is 5.96 Å². The third-order valence-electron chi connectivity index (χ3n) is 3.13. The predicted octanol–water partition coefficient (Wildman–Crippen LogP) is 1.74. The lowest BCUT2D eigenvalue weighted by Gasteiger charge is -2.10. The molecule has 0 aromatic carbocycles.